The summed E-state index contributed by atoms with van der Waals surface area (Å²) in [5.74, 6) is -40.1. The molecule has 18 heteroatoms. The van der Waals surface area contributed by atoms with Gasteiger partial charge in [0.25, 0.3) is 0 Å². The number of unbranched alkanes of at least 4 members (excludes halogenated alkanes) is 1. The van der Waals surface area contributed by atoms with Gasteiger partial charge in [-0.2, -0.15) is 57.1 Å². The lowest BCUT2D eigenvalue weighted by Crippen LogP contribution is -2.70. The number of rotatable bonds is 12. The second kappa shape index (κ2) is 10.6. The van der Waals surface area contributed by atoms with Crippen LogP contribution in [0, 0.1) is 0 Å². The molecule has 0 fully saturated rings. The molecule has 0 saturated carbocycles. The highest BCUT2D eigenvalue weighted by Crippen LogP contribution is 2.60. The highest BCUT2D eigenvalue weighted by Gasteiger charge is 2.90. The molecule has 0 aromatic rings. The van der Waals surface area contributed by atoms with Crippen molar-refractivity contribution in [2.75, 3.05) is 13.2 Å². The first-order chi connectivity index (χ1) is 15.0. The molecule has 0 spiro atoms. The van der Waals surface area contributed by atoms with E-state index in [0.29, 0.717) is 6.42 Å². The number of hydrogen-bond donors (Lipinski definition) is 1. The third-order valence-electron chi connectivity index (χ3n) is 4.05. The van der Waals surface area contributed by atoms with Gasteiger partial charge in [0.15, 0.2) is 0 Å². The molecular formula is C16H18F13NO4. The molecule has 0 saturated heterocycles. The van der Waals surface area contributed by atoms with E-state index < -0.39 is 73.5 Å². The zero-order valence-corrected chi connectivity index (χ0v) is 17.2. The van der Waals surface area contributed by atoms with Gasteiger partial charge in [-0.1, -0.05) is 13.3 Å². The molecule has 0 aromatic heterocycles. The van der Waals surface area contributed by atoms with Gasteiger partial charge in [-0.05, 0) is 13.3 Å². The van der Waals surface area contributed by atoms with Gasteiger partial charge in [-0.15, -0.1) is 0 Å². The molecule has 202 valence electrons. The van der Waals surface area contributed by atoms with Crippen molar-refractivity contribution in [2.45, 2.75) is 74.9 Å². The summed E-state index contributed by atoms with van der Waals surface area (Å²) in [5.41, 5.74) is 0. The number of ether oxygens (including phenoxy) is 2. The van der Waals surface area contributed by atoms with Gasteiger partial charge in [0, 0.05) is 6.42 Å². The van der Waals surface area contributed by atoms with Gasteiger partial charge in [0.2, 0.25) is 0 Å². The van der Waals surface area contributed by atoms with E-state index in [1.165, 1.54) is 12.2 Å². The van der Waals surface area contributed by atoms with E-state index in [0.717, 1.165) is 6.92 Å². The Labute approximate surface area is 182 Å². The van der Waals surface area contributed by atoms with Crippen LogP contribution >= 0.6 is 0 Å². The number of alkyl carbamates (subject to hydrolysis) is 1. The van der Waals surface area contributed by atoms with E-state index in [-0.39, 0.29) is 6.42 Å². The molecule has 1 N–H and O–H groups in total. The van der Waals surface area contributed by atoms with E-state index >= 15 is 0 Å². The Morgan fingerprint density at radius 2 is 1.21 bits per heavy atom. The van der Waals surface area contributed by atoms with E-state index in [2.05, 4.69) is 9.47 Å². The first-order valence-corrected chi connectivity index (χ1v) is 9.10. The van der Waals surface area contributed by atoms with Crippen molar-refractivity contribution < 1.29 is 76.1 Å². The van der Waals surface area contributed by atoms with Crippen LogP contribution in [-0.4, -0.2) is 67.1 Å². The van der Waals surface area contributed by atoms with Crippen molar-refractivity contribution in [1.29, 1.82) is 0 Å². The van der Waals surface area contributed by atoms with Gasteiger partial charge >= 0.3 is 47.9 Å². The summed E-state index contributed by atoms with van der Waals surface area (Å²) >= 11 is 0. The van der Waals surface area contributed by atoms with Crippen LogP contribution in [0.1, 0.15) is 33.1 Å². The fraction of sp³-hybridized carbons (Fsp3) is 0.875. The molecule has 0 heterocycles. The molecule has 5 nitrogen and oxygen atoms in total. The molecule has 0 aromatic carbocycles. The summed E-state index contributed by atoms with van der Waals surface area (Å²) < 4.78 is 180. The number of esters is 1. The van der Waals surface area contributed by atoms with Crippen LogP contribution in [0.5, 0.6) is 0 Å². The second-order valence-corrected chi connectivity index (χ2v) is 6.64. The normalized spacial score (nSPS) is 15.0. The molecule has 0 aliphatic rings. The van der Waals surface area contributed by atoms with Gasteiger partial charge in [-0.3, -0.25) is 0 Å². The zero-order chi connectivity index (χ0) is 27.4. The average Bonchev–Trinajstić information content (AvgIpc) is 2.66. The van der Waals surface area contributed by atoms with Crippen molar-refractivity contribution in [3.63, 3.8) is 0 Å². The summed E-state index contributed by atoms with van der Waals surface area (Å²) in [5, 5.41) is 1.21. The van der Waals surface area contributed by atoms with Crippen molar-refractivity contribution in [2.24, 2.45) is 0 Å². The fourth-order valence-corrected chi connectivity index (χ4v) is 2.11. The van der Waals surface area contributed by atoms with Crippen LogP contribution in [0.25, 0.3) is 0 Å². The molecule has 0 aliphatic heterocycles. The van der Waals surface area contributed by atoms with Gasteiger partial charge in [0.05, 0.1) is 13.2 Å². The molecule has 0 radical (unpaired) electrons. The summed E-state index contributed by atoms with van der Waals surface area (Å²) in [6.45, 7) is 1.62. The topological polar surface area (TPSA) is 64.6 Å². The quantitative estimate of drug-likeness (QED) is 0.202. The number of hydrogen-bond acceptors (Lipinski definition) is 4. The minimum atomic E-state index is -8.07. The van der Waals surface area contributed by atoms with E-state index in [1.807, 2.05) is 0 Å². The predicted octanol–water partition coefficient (Wildman–Crippen LogP) is 5.57. The number of alkyl halides is 13. The lowest BCUT2D eigenvalue weighted by molar-refractivity contribution is -0.440. The maximum absolute atomic E-state index is 14.1. The van der Waals surface area contributed by atoms with E-state index in [1.54, 1.807) is 0 Å². The van der Waals surface area contributed by atoms with Crippen LogP contribution in [0.3, 0.4) is 0 Å². The van der Waals surface area contributed by atoms with Crippen LogP contribution < -0.4 is 5.32 Å². The number of carbonyl (C=O) groups is 2. The average molecular weight is 535 g/mol. The molecular weight excluding hydrogens is 517 g/mol. The van der Waals surface area contributed by atoms with Gasteiger partial charge in [-0.25, -0.2) is 9.59 Å². The maximum atomic E-state index is 14.1. The molecule has 1 unspecified atom stereocenters. The van der Waals surface area contributed by atoms with Crippen molar-refractivity contribution in [3.05, 3.63) is 0 Å². The number of carbonyl (C=O) groups excluding carboxylic acids is 2. The Balaban J connectivity index is 6.23. The van der Waals surface area contributed by atoms with Crippen molar-refractivity contribution in [1.82, 2.24) is 5.32 Å². The fourth-order valence-electron chi connectivity index (χ4n) is 2.11. The van der Waals surface area contributed by atoms with Crippen molar-refractivity contribution in [3.8, 4) is 0 Å². The lowest BCUT2D eigenvalue weighted by Gasteiger charge is -2.40. The Kier molecular flexibility index (Phi) is 9.94. The second-order valence-electron chi connectivity index (χ2n) is 6.64. The number of nitrogens with one attached hydrogen (secondary N) is 1. The zero-order valence-electron chi connectivity index (χ0n) is 17.2. The van der Waals surface area contributed by atoms with Crippen molar-refractivity contribution >= 4 is 12.1 Å². The minimum Gasteiger partial charge on any atom is -0.464 e. The summed E-state index contributed by atoms with van der Waals surface area (Å²) in [4.78, 5) is 23.2. The van der Waals surface area contributed by atoms with E-state index in [9.17, 15) is 66.7 Å². The first-order valence-electron chi connectivity index (χ1n) is 9.10. The summed E-state index contributed by atoms with van der Waals surface area (Å²) in [7, 11) is 0. The van der Waals surface area contributed by atoms with Crippen LogP contribution in [0.15, 0.2) is 0 Å². The van der Waals surface area contributed by atoms with E-state index in [4.69, 9.17) is 0 Å². The first kappa shape index (κ1) is 31.8. The standard InChI is InChI=1S/C16H18F13NO4/c1-3-5-6-34-9(31)8(30-10(32)33-4-2)7-11(17,18)12(19,20)13(21,22)14(23,24)15(25,26)16(27,28)29/h8H,3-7H2,1-2H3,(H,30,32). The molecule has 1 atom stereocenters. The highest BCUT2D eigenvalue weighted by atomic mass is 19.4. The molecule has 34 heavy (non-hydrogen) atoms. The molecule has 0 bridgehead atoms. The van der Waals surface area contributed by atoms with Crippen LogP contribution in [0.4, 0.5) is 61.9 Å². The monoisotopic (exact) mass is 535 g/mol. The summed E-state index contributed by atoms with van der Waals surface area (Å²) in [6.07, 6.45) is -11.9. The predicted molar refractivity (Wildman–Crippen MR) is 85.2 cm³/mol. The Morgan fingerprint density at radius 1 is 0.735 bits per heavy atom. The largest absolute Gasteiger partial charge is 0.464 e. The third kappa shape index (κ3) is 6.09. The Bertz CT molecular complexity index is 710. The summed E-state index contributed by atoms with van der Waals surface area (Å²) in [6, 6.07) is -2.98. The lowest BCUT2D eigenvalue weighted by atomic mass is 9.91. The SMILES string of the molecule is CCCCOC(=O)C(CC(F)(F)C(F)(F)C(F)(F)C(F)(F)C(F)(F)C(F)(F)F)NC(=O)OCC. The number of halogens is 13. The van der Waals surface area contributed by atoms with Crippen LogP contribution in [0.2, 0.25) is 0 Å². The third-order valence-corrected chi connectivity index (χ3v) is 4.05. The van der Waals surface area contributed by atoms with Gasteiger partial charge in [0.1, 0.15) is 6.04 Å². The van der Waals surface area contributed by atoms with Crippen LogP contribution in [-0.2, 0) is 14.3 Å². The Hall–Kier alpha value is -2.17. The number of amides is 1. The minimum absolute atomic E-state index is 0.0568. The van der Waals surface area contributed by atoms with Gasteiger partial charge < -0.3 is 14.8 Å². The maximum Gasteiger partial charge on any atom is 0.460 e. The molecule has 0 rings (SSSR count). The molecule has 0 aliphatic carbocycles. The Morgan fingerprint density at radius 3 is 1.62 bits per heavy atom. The smallest absolute Gasteiger partial charge is 0.460 e. The highest BCUT2D eigenvalue weighted by molar-refractivity contribution is 5.81. The molecule has 1 amide bonds.